The third-order valence-corrected chi connectivity index (χ3v) is 8.94. The molecule has 0 saturated carbocycles. The summed E-state index contributed by atoms with van der Waals surface area (Å²) in [4.78, 5) is 24.9. The molecule has 0 fully saturated rings. The summed E-state index contributed by atoms with van der Waals surface area (Å²) in [6.45, 7) is 4.55. The van der Waals surface area contributed by atoms with Gasteiger partial charge in [0.25, 0.3) is 0 Å². The van der Waals surface area contributed by atoms with Gasteiger partial charge in [0.05, 0.1) is 0 Å². The second-order valence-electron chi connectivity index (χ2n) is 13.4. The first kappa shape index (κ1) is 40.2. The van der Waals surface area contributed by atoms with Crippen LogP contribution in [0.3, 0.4) is 0 Å². The van der Waals surface area contributed by atoms with Gasteiger partial charge in [-0.05, 0) is 31.0 Å². The molecule has 0 bridgehead atoms. The molecule has 0 atom stereocenters. The van der Waals surface area contributed by atoms with Crippen molar-refractivity contribution in [1.29, 1.82) is 0 Å². The van der Waals surface area contributed by atoms with Crippen LogP contribution in [0.15, 0.2) is 24.3 Å². The molecular weight excluding hydrogens is 540 g/mol. The van der Waals surface area contributed by atoms with Crippen molar-refractivity contribution in [2.75, 3.05) is 10.6 Å². The van der Waals surface area contributed by atoms with Crippen LogP contribution in [-0.2, 0) is 9.59 Å². The van der Waals surface area contributed by atoms with Crippen molar-refractivity contribution in [2.24, 2.45) is 0 Å². The first-order chi connectivity index (χ1) is 21.7. The summed E-state index contributed by atoms with van der Waals surface area (Å²) in [5.74, 6) is 0.129. The zero-order valence-corrected chi connectivity index (χ0v) is 29.3. The molecule has 0 aliphatic rings. The van der Waals surface area contributed by atoms with E-state index in [9.17, 15) is 9.59 Å². The Morgan fingerprint density at radius 1 is 0.409 bits per heavy atom. The first-order valence-electron chi connectivity index (χ1n) is 19.4. The van der Waals surface area contributed by atoms with Crippen LogP contribution in [0.25, 0.3) is 0 Å². The molecule has 0 saturated heterocycles. The number of unbranched alkanes of at least 4 members (excludes halogenated alkanes) is 26. The fourth-order valence-electron chi connectivity index (χ4n) is 6.08. The maximum absolute atomic E-state index is 12.4. The number of hydrogen-bond acceptors (Lipinski definition) is 2. The van der Waals surface area contributed by atoms with Gasteiger partial charge in [0.2, 0.25) is 11.8 Å². The fraction of sp³-hybridized carbons (Fsp3) is 0.800. The van der Waals surface area contributed by atoms with E-state index in [0.29, 0.717) is 12.8 Å². The van der Waals surface area contributed by atoms with E-state index >= 15 is 0 Å². The lowest BCUT2D eigenvalue weighted by molar-refractivity contribution is -0.117. The van der Waals surface area contributed by atoms with Gasteiger partial charge in [-0.1, -0.05) is 187 Å². The number of hydrogen-bond donors (Lipinski definition) is 2. The van der Waals surface area contributed by atoms with E-state index in [-0.39, 0.29) is 11.8 Å². The number of carbonyl (C=O) groups excluding carboxylic acids is 2. The number of rotatable bonds is 32. The van der Waals surface area contributed by atoms with Crippen LogP contribution in [0.5, 0.6) is 0 Å². The van der Waals surface area contributed by atoms with Crippen molar-refractivity contribution in [2.45, 2.75) is 206 Å². The first-order valence-corrected chi connectivity index (χ1v) is 19.4. The number of nitrogens with one attached hydrogen (secondary N) is 2. The largest absolute Gasteiger partial charge is 0.326 e. The SMILES string of the molecule is CCCCCCCCCCCCCCCCC(=O)Nc1cccc(NC(=O)CCCCCCCCCCCCCCCC)c1. The minimum atomic E-state index is 0.0647. The van der Waals surface area contributed by atoms with Gasteiger partial charge in [-0.3, -0.25) is 9.59 Å². The van der Waals surface area contributed by atoms with Gasteiger partial charge in [-0.15, -0.1) is 0 Å². The Kier molecular flexibility index (Phi) is 28.5. The van der Waals surface area contributed by atoms with E-state index in [4.69, 9.17) is 0 Å². The molecule has 0 heterocycles. The zero-order valence-electron chi connectivity index (χ0n) is 29.3. The topological polar surface area (TPSA) is 58.2 Å². The third-order valence-electron chi connectivity index (χ3n) is 8.94. The maximum atomic E-state index is 12.4. The van der Waals surface area contributed by atoms with Crippen molar-refractivity contribution >= 4 is 23.2 Å². The Balaban J connectivity index is 1.98. The van der Waals surface area contributed by atoms with Gasteiger partial charge in [-0.2, -0.15) is 0 Å². The smallest absolute Gasteiger partial charge is 0.224 e. The molecule has 0 aliphatic heterocycles. The van der Waals surface area contributed by atoms with E-state index in [1.165, 1.54) is 154 Å². The van der Waals surface area contributed by atoms with Crippen LogP contribution in [0.4, 0.5) is 11.4 Å². The number of carbonyl (C=O) groups is 2. The van der Waals surface area contributed by atoms with E-state index in [2.05, 4.69) is 24.5 Å². The molecular formula is C40H72N2O2. The van der Waals surface area contributed by atoms with Crippen LogP contribution < -0.4 is 10.6 Å². The Morgan fingerprint density at radius 2 is 0.659 bits per heavy atom. The van der Waals surface area contributed by atoms with Crippen molar-refractivity contribution in [3.05, 3.63) is 24.3 Å². The number of benzene rings is 1. The lowest BCUT2D eigenvalue weighted by Gasteiger charge is -2.09. The summed E-state index contributed by atoms with van der Waals surface area (Å²) in [6, 6.07) is 7.55. The molecule has 1 aromatic carbocycles. The number of amides is 2. The molecule has 4 heteroatoms. The molecule has 1 rings (SSSR count). The summed E-state index contributed by atoms with van der Waals surface area (Å²) in [6.07, 6.45) is 38.0. The van der Waals surface area contributed by atoms with Gasteiger partial charge in [0.15, 0.2) is 0 Å². The lowest BCUT2D eigenvalue weighted by atomic mass is 10.0. The maximum Gasteiger partial charge on any atom is 0.224 e. The highest BCUT2D eigenvalue weighted by molar-refractivity contribution is 5.94. The van der Waals surface area contributed by atoms with Gasteiger partial charge >= 0.3 is 0 Å². The minimum absolute atomic E-state index is 0.0647. The van der Waals surface area contributed by atoms with Crippen molar-refractivity contribution in [3.8, 4) is 0 Å². The van der Waals surface area contributed by atoms with Crippen LogP contribution in [0.1, 0.15) is 206 Å². The third kappa shape index (κ3) is 26.6. The lowest BCUT2D eigenvalue weighted by Crippen LogP contribution is -2.13. The van der Waals surface area contributed by atoms with Gasteiger partial charge in [0.1, 0.15) is 0 Å². The Labute approximate surface area is 273 Å². The molecule has 2 N–H and O–H groups in total. The predicted molar refractivity (Wildman–Crippen MR) is 194 cm³/mol. The molecule has 254 valence electrons. The summed E-state index contributed by atoms with van der Waals surface area (Å²) >= 11 is 0. The standard InChI is InChI=1S/C40H72N2O2/c1-3-5-7-9-11-13-15-17-19-21-23-25-27-29-34-39(43)41-37-32-31-33-38(36-37)42-40(44)35-30-28-26-24-22-20-18-16-14-12-10-8-6-4-2/h31-33,36H,3-30,34-35H2,1-2H3,(H,41,43)(H,42,44). The van der Waals surface area contributed by atoms with E-state index in [1.807, 2.05) is 24.3 Å². The summed E-state index contributed by atoms with van der Waals surface area (Å²) in [7, 11) is 0. The normalized spacial score (nSPS) is 11.1. The second-order valence-corrected chi connectivity index (χ2v) is 13.4. The highest BCUT2D eigenvalue weighted by Crippen LogP contribution is 2.18. The second kappa shape index (κ2) is 31.2. The molecule has 0 radical (unpaired) electrons. The minimum Gasteiger partial charge on any atom is -0.326 e. The fourth-order valence-corrected chi connectivity index (χ4v) is 6.08. The zero-order chi connectivity index (χ0) is 31.8. The van der Waals surface area contributed by atoms with Gasteiger partial charge in [-0.25, -0.2) is 0 Å². The van der Waals surface area contributed by atoms with Crippen LogP contribution in [-0.4, -0.2) is 11.8 Å². The summed E-state index contributed by atoms with van der Waals surface area (Å²) < 4.78 is 0. The molecule has 44 heavy (non-hydrogen) atoms. The summed E-state index contributed by atoms with van der Waals surface area (Å²) in [5.41, 5.74) is 1.52. The van der Waals surface area contributed by atoms with Crippen molar-refractivity contribution in [3.63, 3.8) is 0 Å². The van der Waals surface area contributed by atoms with E-state index in [1.54, 1.807) is 0 Å². The predicted octanol–water partition coefficient (Wildman–Crippen LogP) is 13.3. The molecule has 0 aromatic heterocycles. The van der Waals surface area contributed by atoms with Gasteiger partial charge < -0.3 is 10.6 Å². The molecule has 0 unspecified atom stereocenters. The Morgan fingerprint density at radius 3 is 0.932 bits per heavy atom. The quantitative estimate of drug-likeness (QED) is 0.0795. The molecule has 1 aromatic rings. The average Bonchev–Trinajstić information content (AvgIpc) is 3.01. The van der Waals surface area contributed by atoms with Crippen LogP contribution >= 0.6 is 0 Å². The molecule has 4 nitrogen and oxygen atoms in total. The average molecular weight is 613 g/mol. The van der Waals surface area contributed by atoms with Crippen molar-refractivity contribution < 1.29 is 9.59 Å². The molecule has 0 aliphatic carbocycles. The van der Waals surface area contributed by atoms with E-state index < -0.39 is 0 Å². The van der Waals surface area contributed by atoms with Gasteiger partial charge in [0, 0.05) is 24.2 Å². The highest BCUT2D eigenvalue weighted by atomic mass is 16.2. The Hall–Kier alpha value is -1.84. The summed E-state index contributed by atoms with van der Waals surface area (Å²) in [5, 5.41) is 6.02. The molecule has 0 spiro atoms. The van der Waals surface area contributed by atoms with Crippen molar-refractivity contribution in [1.82, 2.24) is 0 Å². The van der Waals surface area contributed by atoms with Crippen LogP contribution in [0, 0.1) is 0 Å². The van der Waals surface area contributed by atoms with Crippen LogP contribution in [0.2, 0.25) is 0 Å². The monoisotopic (exact) mass is 613 g/mol. The molecule has 2 amide bonds. The highest BCUT2D eigenvalue weighted by Gasteiger charge is 2.06. The number of anilines is 2. The Bertz CT molecular complexity index is 732. The van der Waals surface area contributed by atoms with E-state index in [0.717, 1.165) is 37.1 Å².